The van der Waals surface area contributed by atoms with E-state index in [1.54, 1.807) is 18.2 Å². The molecule has 0 fully saturated rings. The molecule has 0 radical (unpaired) electrons. The molecule has 1 N–H and O–H groups in total. The van der Waals surface area contributed by atoms with Gasteiger partial charge in [0.25, 0.3) is 11.5 Å². The van der Waals surface area contributed by atoms with Crippen LogP contribution in [0.25, 0.3) is 10.9 Å². The number of carbonyl (C=O) groups is 1. The Balaban J connectivity index is 2.00. The predicted octanol–water partition coefficient (Wildman–Crippen LogP) is 2.89. The summed E-state index contributed by atoms with van der Waals surface area (Å²) in [5.41, 5.74) is 0.268. The number of nitrogens with zero attached hydrogens (tertiary/aromatic N) is 3. The molecule has 0 saturated heterocycles. The number of ether oxygens (including phenoxy) is 1. The highest BCUT2D eigenvalue weighted by Crippen LogP contribution is 2.27. The number of rotatable bonds is 8. The maximum absolute atomic E-state index is 13.3. The first-order chi connectivity index (χ1) is 15.6. The molecule has 1 aromatic heterocycles. The summed E-state index contributed by atoms with van der Waals surface area (Å²) >= 11 is 6.03. The van der Waals surface area contributed by atoms with Gasteiger partial charge in [0.2, 0.25) is 10.0 Å². The average molecular weight is 493 g/mol. The molecule has 11 heteroatoms. The van der Waals surface area contributed by atoms with E-state index < -0.39 is 15.9 Å². The monoisotopic (exact) mass is 492 g/mol. The van der Waals surface area contributed by atoms with E-state index in [-0.39, 0.29) is 28.3 Å². The molecule has 1 heterocycles. The van der Waals surface area contributed by atoms with Crippen molar-refractivity contribution in [2.45, 2.75) is 24.8 Å². The van der Waals surface area contributed by atoms with Crippen molar-refractivity contribution in [3.05, 3.63) is 63.2 Å². The number of carbonyl (C=O) groups excluding carboxylic acids is 1. The number of aromatic nitrogens is 2. The third kappa shape index (κ3) is 5.18. The minimum Gasteiger partial charge on any atom is -0.495 e. The molecule has 33 heavy (non-hydrogen) atoms. The summed E-state index contributed by atoms with van der Waals surface area (Å²) in [7, 11) is 0.330. The quantitative estimate of drug-likeness (QED) is 0.517. The molecule has 0 unspecified atom stereocenters. The minimum atomic E-state index is -3.84. The molecule has 0 saturated carbocycles. The van der Waals surface area contributed by atoms with Crippen molar-refractivity contribution in [2.75, 3.05) is 27.7 Å². The fourth-order valence-electron chi connectivity index (χ4n) is 3.33. The molecule has 0 aliphatic carbocycles. The Morgan fingerprint density at radius 1 is 1.18 bits per heavy atom. The van der Waals surface area contributed by atoms with Crippen LogP contribution in [0.15, 0.2) is 46.1 Å². The Labute approximate surface area is 197 Å². The first kappa shape index (κ1) is 24.7. The first-order valence-corrected chi connectivity index (χ1v) is 12.0. The van der Waals surface area contributed by atoms with Crippen LogP contribution in [0.4, 0.5) is 0 Å². The molecule has 9 nitrogen and oxygen atoms in total. The summed E-state index contributed by atoms with van der Waals surface area (Å²) in [5, 5.41) is 0.839. The van der Waals surface area contributed by atoms with Gasteiger partial charge in [0.15, 0.2) is 0 Å². The van der Waals surface area contributed by atoms with Gasteiger partial charge in [-0.15, -0.1) is 0 Å². The smallest absolute Gasteiger partial charge is 0.258 e. The number of halogens is 1. The van der Waals surface area contributed by atoms with Gasteiger partial charge in [0.1, 0.15) is 16.5 Å². The summed E-state index contributed by atoms with van der Waals surface area (Å²) in [4.78, 5) is 34.3. The summed E-state index contributed by atoms with van der Waals surface area (Å²) in [6.07, 6.45) is 0.647. The molecule has 0 aliphatic rings. The van der Waals surface area contributed by atoms with Gasteiger partial charge in [-0.1, -0.05) is 18.5 Å². The molecular weight excluding hydrogens is 468 g/mol. The molecule has 3 rings (SSSR count). The third-order valence-electron chi connectivity index (χ3n) is 5.01. The summed E-state index contributed by atoms with van der Waals surface area (Å²) in [6.45, 7) is 2.32. The zero-order chi connectivity index (χ0) is 24.3. The van der Waals surface area contributed by atoms with Crippen LogP contribution >= 0.6 is 11.6 Å². The van der Waals surface area contributed by atoms with Crippen molar-refractivity contribution in [1.82, 2.24) is 19.2 Å². The number of fused-ring (bicyclic) bond motifs is 1. The van der Waals surface area contributed by atoms with Crippen molar-refractivity contribution in [3.8, 4) is 5.75 Å². The van der Waals surface area contributed by atoms with Crippen LogP contribution in [0.5, 0.6) is 5.75 Å². The van der Waals surface area contributed by atoms with Crippen LogP contribution < -0.4 is 10.3 Å². The van der Waals surface area contributed by atoms with Crippen molar-refractivity contribution in [2.24, 2.45) is 0 Å². The lowest BCUT2D eigenvalue weighted by Gasteiger charge is -2.23. The number of methoxy groups -OCH3 is 1. The summed E-state index contributed by atoms with van der Waals surface area (Å²) in [6, 6.07) is 9.04. The number of benzene rings is 2. The van der Waals surface area contributed by atoms with Crippen molar-refractivity contribution in [3.63, 3.8) is 0 Å². The number of nitrogens with one attached hydrogen (secondary N) is 1. The van der Waals surface area contributed by atoms with E-state index in [0.717, 1.165) is 4.31 Å². The number of hydrogen-bond donors (Lipinski definition) is 1. The number of H-pyrrole nitrogens is 1. The maximum atomic E-state index is 13.3. The zero-order valence-corrected chi connectivity index (χ0v) is 20.3. The van der Waals surface area contributed by atoms with Crippen LogP contribution in [0.3, 0.4) is 0 Å². The highest BCUT2D eigenvalue weighted by molar-refractivity contribution is 7.89. The minimum absolute atomic E-state index is 0.0339. The molecule has 0 atom stereocenters. The van der Waals surface area contributed by atoms with E-state index in [9.17, 15) is 18.0 Å². The van der Waals surface area contributed by atoms with Crippen molar-refractivity contribution in [1.29, 1.82) is 0 Å². The largest absolute Gasteiger partial charge is 0.495 e. The van der Waals surface area contributed by atoms with Crippen LogP contribution in [0.1, 0.15) is 29.5 Å². The van der Waals surface area contributed by atoms with E-state index in [4.69, 9.17) is 16.3 Å². The van der Waals surface area contributed by atoms with Gasteiger partial charge in [-0.25, -0.2) is 17.7 Å². The van der Waals surface area contributed by atoms with E-state index in [1.165, 1.54) is 44.3 Å². The topological polar surface area (TPSA) is 113 Å². The lowest BCUT2D eigenvalue weighted by atomic mass is 10.1. The molecule has 3 aromatic rings. The van der Waals surface area contributed by atoms with Crippen molar-refractivity contribution < 1.29 is 17.9 Å². The number of aromatic amines is 1. The van der Waals surface area contributed by atoms with Crippen LogP contribution in [-0.4, -0.2) is 61.2 Å². The van der Waals surface area contributed by atoms with Gasteiger partial charge in [0.05, 0.1) is 24.6 Å². The molecule has 0 aliphatic heterocycles. The van der Waals surface area contributed by atoms with Gasteiger partial charge >= 0.3 is 0 Å². The van der Waals surface area contributed by atoms with Crippen LogP contribution in [0.2, 0.25) is 5.02 Å². The van der Waals surface area contributed by atoms with E-state index >= 15 is 0 Å². The second-order valence-electron chi connectivity index (χ2n) is 7.55. The third-order valence-corrected chi connectivity index (χ3v) is 7.08. The Kier molecular flexibility index (Phi) is 7.41. The summed E-state index contributed by atoms with van der Waals surface area (Å²) < 4.78 is 31.7. The number of hydrogen-bond acceptors (Lipinski definition) is 6. The second-order valence-corrected chi connectivity index (χ2v) is 10.1. The average Bonchev–Trinajstić information content (AvgIpc) is 2.77. The van der Waals surface area contributed by atoms with Gasteiger partial charge < -0.3 is 14.6 Å². The van der Waals surface area contributed by atoms with Gasteiger partial charge in [-0.05, 0) is 42.8 Å². The second kappa shape index (κ2) is 9.90. The SMILES string of the molecule is CCCN(Cc1nc2cc(Cl)ccc2c(=O)[nH]1)C(=O)c1ccc(OC)c(S(=O)(=O)N(C)C)c1. The van der Waals surface area contributed by atoms with Gasteiger partial charge in [-0.3, -0.25) is 9.59 Å². The Morgan fingerprint density at radius 2 is 1.91 bits per heavy atom. The van der Waals surface area contributed by atoms with Crippen LogP contribution in [-0.2, 0) is 16.6 Å². The standard InChI is InChI=1S/C22H25ClN4O5S/c1-5-10-27(13-20-24-17-12-15(23)7-8-16(17)21(28)25-20)22(29)14-6-9-18(32-4)19(11-14)33(30,31)26(2)3/h6-9,11-12H,5,10,13H2,1-4H3,(H,24,25,28). The fourth-order valence-corrected chi connectivity index (χ4v) is 4.57. The van der Waals surface area contributed by atoms with Gasteiger partial charge in [0, 0.05) is 31.2 Å². The molecule has 0 bridgehead atoms. The Hall–Kier alpha value is -2.95. The summed E-state index contributed by atoms with van der Waals surface area (Å²) in [5.74, 6) is 0.0365. The Bertz CT molecular complexity index is 1350. The molecular formula is C22H25ClN4O5S. The molecule has 176 valence electrons. The van der Waals surface area contributed by atoms with E-state index in [2.05, 4.69) is 9.97 Å². The molecule has 2 aromatic carbocycles. The van der Waals surface area contributed by atoms with Crippen LogP contribution in [0, 0.1) is 0 Å². The highest BCUT2D eigenvalue weighted by Gasteiger charge is 2.25. The fraction of sp³-hybridized carbons (Fsp3) is 0.318. The number of sulfonamides is 1. The molecule has 1 amide bonds. The zero-order valence-electron chi connectivity index (χ0n) is 18.8. The maximum Gasteiger partial charge on any atom is 0.258 e. The normalized spacial score (nSPS) is 11.7. The highest BCUT2D eigenvalue weighted by atomic mass is 35.5. The first-order valence-electron chi connectivity index (χ1n) is 10.2. The number of amides is 1. The molecule has 0 spiro atoms. The van der Waals surface area contributed by atoms with E-state index in [1.807, 2.05) is 6.92 Å². The van der Waals surface area contributed by atoms with E-state index in [0.29, 0.717) is 34.7 Å². The lowest BCUT2D eigenvalue weighted by Crippen LogP contribution is -2.33. The van der Waals surface area contributed by atoms with Crippen molar-refractivity contribution >= 4 is 38.4 Å². The lowest BCUT2D eigenvalue weighted by molar-refractivity contribution is 0.0738. The predicted molar refractivity (Wildman–Crippen MR) is 126 cm³/mol. The Morgan fingerprint density at radius 3 is 2.55 bits per heavy atom. The van der Waals surface area contributed by atoms with Gasteiger partial charge in [-0.2, -0.15) is 0 Å².